The minimum atomic E-state index is -1.82. The van der Waals surface area contributed by atoms with Crippen LogP contribution in [0.15, 0.2) is 0 Å². The number of hydrogen-bond donors (Lipinski definition) is 0. The summed E-state index contributed by atoms with van der Waals surface area (Å²) in [6.45, 7) is 0.925. The van der Waals surface area contributed by atoms with Crippen molar-refractivity contribution in [3.8, 4) is 6.07 Å². The predicted molar refractivity (Wildman–Crippen MR) is 35.7 cm³/mol. The smallest absolute Gasteiger partial charge is 0.196 e. The zero-order valence-electron chi connectivity index (χ0n) is 6.46. The Morgan fingerprint density at radius 1 is 0.923 bits per heavy atom. The minimum absolute atomic E-state index is 0.699. The van der Waals surface area contributed by atoms with Gasteiger partial charge in [-0.3, -0.25) is 0 Å². The molecule has 0 spiro atoms. The van der Waals surface area contributed by atoms with E-state index in [1.54, 1.807) is 0 Å². The van der Waals surface area contributed by atoms with Gasteiger partial charge < -0.3 is 0 Å². The third-order valence-electron chi connectivity index (χ3n) is 1.59. The van der Waals surface area contributed by atoms with Crippen LogP contribution in [0.25, 0.3) is 0 Å². The molecule has 1 aromatic carbocycles. The van der Waals surface area contributed by atoms with Gasteiger partial charge in [0.2, 0.25) is 0 Å². The molecule has 0 aliphatic heterocycles. The van der Waals surface area contributed by atoms with Crippen molar-refractivity contribution < 1.29 is 17.6 Å². The Labute approximate surface area is 71.2 Å². The summed E-state index contributed by atoms with van der Waals surface area (Å²) in [6.07, 6.45) is 0. The minimum Gasteiger partial charge on any atom is -0.205 e. The molecule has 0 fully saturated rings. The molecule has 0 aliphatic rings. The van der Waals surface area contributed by atoms with Crippen LogP contribution in [0.2, 0.25) is 0 Å². The first kappa shape index (κ1) is 9.52. The van der Waals surface area contributed by atoms with Gasteiger partial charge >= 0.3 is 0 Å². The summed E-state index contributed by atoms with van der Waals surface area (Å²) in [5, 5.41) is 8.22. The molecular weight excluding hydrogens is 186 g/mol. The summed E-state index contributed by atoms with van der Waals surface area (Å²) in [5.41, 5.74) is -1.80. The quantitative estimate of drug-likeness (QED) is 0.349. The maximum absolute atomic E-state index is 12.8. The van der Waals surface area contributed by atoms with E-state index in [1.807, 2.05) is 0 Å². The zero-order valence-corrected chi connectivity index (χ0v) is 6.46. The average Bonchev–Trinajstić information content (AvgIpc) is 2.13. The number of rotatable bonds is 0. The number of hydrogen-bond acceptors (Lipinski definition) is 1. The van der Waals surface area contributed by atoms with Gasteiger partial charge in [0, 0.05) is 5.56 Å². The molecule has 0 radical (unpaired) electrons. The molecule has 0 saturated heterocycles. The molecular formula is C8H3F4N. The lowest BCUT2D eigenvalue weighted by Gasteiger charge is -2.03. The highest BCUT2D eigenvalue weighted by molar-refractivity contribution is 5.37. The van der Waals surface area contributed by atoms with E-state index in [0.29, 0.717) is 0 Å². The number of halogens is 4. The first-order valence-electron chi connectivity index (χ1n) is 3.23. The molecule has 1 rings (SSSR count). The van der Waals surface area contributed by atoms with Gasteiger partial charge in [0.05, 0.1) is 0 Å². The second-order valence-corrected chi connectivity index (χ2v) is 2.37. The van der Waals surface area contributed by atoms with E-state index in [0.717, 1.165) is 13.0 Å². The lowest BCUT2D eigenvalue weighted by molar-refractivity contribution is 0.426. The average molecular weight is 189 g/mol. The SMILES string of the molecule is Cc1c(F)c(F)c(F)c(C#N)c1F. The molecule has 13 heavy (non-hydrogen) atoms. The summed E-state index contributed by atoms with van der Waals surface area (Å²) >= 11 is 0. The van der Waals surface area contributed by atoms with Crippen molar-refractivity contribution >= 4 is 0 Å². The second-order valence-electron chi connectivity index (χ2n) is 2.37. The molecule has 0 amide bonds. The van der Waals surface area contributed by atoms with E-state index in [4.69, 9.17) is 5.26 Å². The maximum atomic E-state index is 12.8. The molecule has 0 aliphatic carbocycles. The van der Waals surface area contributed by atoms with E-state index < -0.39 is 34.4 Å². The normalized spacial score (nSPS) is 9.85. The van der Waals surface area contributed by atoms with Crippen LogP contribution in [0, 0.1) is 41.5 Å². The first-order valence-corrected chi connectivity index (χ1v) is 3.23. The summed E-state index contributed by atoms with van der Waals surface area (Å²) in [5.74, 6) is -6.58. The molecule has 0 bridgehead atoms. The standard InChI is InChI=1S/C8H3F4N/c1-3-5(9)4(2-13)7(11)8(12)6(3)10/h1H3. The van der Waals surface area contributed by atoms with Gasteiger partial charge in [-0.25, -0.2) is 17.6 Å². The predicted octanol–water partition coefficient (Wildman–Crippen LogP) is 2.42. The number of nitriles is 1. The Morgan fingerprint density at radius 2 is 1.46 bits per heavy atom. The van der Waals surface area contributed by atoms with Crippen molar-refractivity contribution in [2.24, 2.45) is 0 Å². The fraction of sp³-hybridized carbons (Fsp3) is 0.125. The van der Waals surface area contributed by atoms with Gasteiger partial charge in [0.15, 0.2) is 17.5 Å². The van der Waals surface area contributed by atoms with E-state index in [2.05, 4.69) is 0 Å². The van der Waals surface area contributed by atoms with Crippen LogP contribution >= 0.6 is 0 Å². The molecule has 1 aromatic rings. The molecule has 1 nitrogen and oxygen atoms in total. The van der Waals surface area contributed by atoms with E-state index >= 15 is 0 Å². The molecule has 0 heterocycles. The molecule has 0 aromatic heterocycles. The van der Waals surface area contributed by atoms with Crippen LogP contribution in [0.1, 0.15) is 11.1 Å². The molecule has 0 atom stereocenters. The second kappa shape index (κ2) is 3.05. The van der Waals surface area contributed by atoms with Gasteiger partial charge in [-0.1, -0.05) is 0 Å². The highest BCUT2D eigenvalue weighted by Gasteiger charge is 2.22. The first-order chi connectivity index (χ1) is 6.00. The largest absolute Gasteiger partial charge is 0.205 e. The van der Waals surface area contributed by atoms with E-state index in [1.165, 1.54) is 0 Å². The number of benzene rings is 1. The fourth-order valence-corrected chi connectivity index (χ4v) is 0.849. The summed E-state index contributed by atoms with van der Waals surface area (Å²) in [4.78, 5) is 0. The molecule has 5 heteroatoms. The molecule has 0 N–H and O–H groups in total. The van der Waals surface area contributed by atoms with Gasteiger partial charge in [0.1, 0.15) is 17.4 Å². The Balaban J connectivity index is 3.69. The fourth-order valence-electron chi connectivity index (χ4n) is 0.849. The van der Waals surface area contributed by atoms with Gasteiger partial charge in [-0.05, 0) is 6.92 Å². The summed E-state index contributed by atoms with van der Waals surface area (Å²) in [7, 11) is 0. The van der Waals surface area contributed by atoms with Crippen molar-refractivity contribution in [1.29, 1.82) is 5.26 Å². The van der Waals surface area contributed by atoms with Crippen molar-refractivity contribution in [2.75, 3.05) is 0 Å². The van der Waals surface area contributed by atoms with Crippen LogP contribution < -0.4 is 0 Å². The molecule has 68 valence electrons. The van der Waals surface area contributed by atoms with E-state index in [-0.39, 0.29) is 0 Å². The lowest BCUT2D eigenvalue weighted by atomic mass is 10.1. The molecule has 0 unspecified atom stereocenters. The van der Waals surface area contributed by atoms with Crippen LogP contribution in [-0.4, -0.2) is 0 Å². The highest BCUT2D eigenvalue weighted by atomic mass is 19.2. The third kappa shape index (κ3) is 1.24. The topological polar surface area (TPSA) is 23.8 Å². The summed E-state index contributed by atoms with van der Waals surface area (Å²) < 4.78 is 50.6. The Hall–Kier alpha value is -1.57. The van der Waals surface area contributed by atoms with Crippen LogP contribution in [0.4, 0.5) is 17.6 Å². The van der Waals surface area contributed by atoms with Gasteiger partial charge in [-0.2, -0.15) is 5.26 Å². The highest BCUT2D eigenvalue weighted by Crippen LogP contribution is 2.22. The van der Waals surface area contributed by atoms with Crippen molar-refractivity contribution in [1.82, 2.24) is 0 Å². The maximum Gasteiger partial charge on any atom is 0.196 e. The van der Waals surface area contributed by atoms with Gasteiger partial charge in [-0.15, -0.1) is 0 Å². The van der Waals surface area contributed by atoms with Crippen LogP contribution in [0.5, 0.6) is 0 Å². The Kier molecular flexibility index (Phi) is 2.24. The number of nitrogens with zero attached hydrogens (tertiary/aromatic N) is 1. The van der Waals surface area contributed by atoms with Crippen LogP contribution in [-0.2, 0) is 0 Å². The monoisotopic (exact) mass is 189 g/mol. The van der Waals surface area contributed by atoms with Gasteiger partial charge in [0.25, 0.3) is 0 Å². The van der Waals surface area contributed by atoms with Crippen LogP contribution in [0.3, 0.4) is 0 Å². The lowest BCUT2D eigenvalue weighted by Crippen LogP contribution is -2.03. The third-order valence-corrected chi connectivity index (χ3v) is 1.59. The van der Waals surface area contributed by atoms with Crippen molar-refractivity contribution in [2.45, 2.75) is 6.92 Å². The zero-order chi connectivity index (χ0) is 10.2. The van der Waals surface area contributed by atoms with Crippen molar-refractivity contribution in [3.05, 3.63) is 34.4 Å². The summed E-state index contributed by atoms with van der Waals surface area (Å²) in [6, 6.07) is 1.12. The Morgan fingerprint density at radius 3 is 1.92 bits per heavy atom. The Bertz CT molecular complexity index is 377. The van der Waals surface area contributed by atoms with E-state index in [9.17, 15) is 17.6 Å². The molecule has 0 saturated carbocycles. The van der Waals surface area contributed by atoms with Crippen molar-refractivity contribution in [3.63, 3.8) is 0 Å².